The molecule has 6 aliphatic rings. The fourth-order valence-corrected chi connectivity index (χ4v) is 13.9. The van der Waals surface area contributed by atoms with Gasteiger partial charge in [-0.2, -0.15) is 0 Å². The molecule has 8 rings (SSSR count). The molecule has 0 amide bonds. The Morgan fingerprint density at radius 2 is 1.80 bits per heavy atom. The number of phenols is 1. The lowest BCUT2D eigenvalue weighted by molar-refractivity contribution is -0.333. The summed E-state index contributed by atoms with van der Waals surface area (Å²) in [5.74, 6) is -2.22. The molecule has 2 aromatic carbocycles. The Balaban J connectivity index is 1.10. The van der Waals surface area contributed by atoms with Crippen LogP contribution in [-0.2, 0) is 36.6 Å². The molecule has 0 aromatic heterocycles. The third kappa shape index (κ3) is 10.9. The molecular formula is C56H79NO13. The van der Waals surface area contributed by atoms with Crippen LogP contribution >= 0.6 is 0 Å². The Hall–Kier alpha value is -3.86. The molecule has 0 radical (unpaired) electrons. The van der Waals surface area contributed by atoms with Crippen LogP contribution in [0.3, 0.4) is 0 Å². The summed E-state index contributed by atoms with van der Waals surface area (Å²) in [6, 6.07) is 9.94. The topological polar surface area (TPSA) is 225 Å². The van der Waals surface area contributed by atoms with Crippen LogP contribution in [0.4, 0.5) is 0 Å². The molecule has 14 nitrogen and oxygen atoms in total. The number of rotatable bonds is 18. The average Bonchev–Trinajstić information content (AvgIpc) is 3.33. The number of carbonyl (C=O) groups excluding carboxylic acids is 2. The Morgan fingerprint density at radius 1 is 1.00 bits per heavy atom. The van der Waals surface area contributed by atoms with E-state index in [2.05, 4.69) is 26.1 Å². The smallest absolute Gasteiger partial charge is 0.334 e. The van der Waals surface area contributed by atoms with Crippen molar-refractivity contribution in [2.45, 2.75) is 166 Å². The maximum absolute atomic E-state index is 15.0. The van der Waals surface area contributed by atoms with Gasteiger partial charge in [0.2, 0.25) is 5.79 Å². The molecule has 8 N–H and O–H groups in total. The van der Waals surface area contributed by atoms with E-state index in [1.807, 2.05) is 18.2 Å². The van der Waals surface area contributed by atoms with Crippen molar-refractivity contribution in [2.75, 3.05) is 26.9 Å². The number of esters is 2. The number of phenolic OH excluding ortho intramolecular Hbond substituents is 1. The van der Waals surface area contributed by atoms with E-state index in [9.17, 15) is 40.5 Å². The second kappa shape index (κ2) is 22.1. The Bertz CT molecular complexity index is 2210. The maximum atomic E-state index is 15.0. The maximum Gasteiger partial charge on any atom is 0.334 e. The number of benzene rings is 2. The van der Waals surface area contributed by atoms with Gasteiger partial charge in [0.05, 0.1) is 25.4 Å². The summed E-state index contributed by atoms with van der Waals surface area (Å²) in [6.45, 7) is 8.28. The van der Waals surface area contributed by atoms with E-state index in [0.29, 0.717) is 42.6 Å². The van der Waals surface area contributed by atoms with Crippen LogP contribution in [0.15, 0.2) is 54.1 Å². The summed E-state index contributed by atoms with van der Waals surface area (Å²) in [5.41, 5.74) is 3.46. The molecule has 70 heavy (non-hydrogen) atoms. The zero-order valence-electron chi connectivity index (χ0n) is 41.8. The third-order valence-electron chi connectivity index (χ3n) is 17.4. The lowest BCUT2D eigenvalue weighted by atomic mass is 9.44. The number of fused-ring (bicyclic) bond motifs is 4. The van der Waals surface area contributed by atoms with E-state index in [1.54, 1.807) is 31.2 Å². The second-order valence-corrected chi connectivity index (χ2v) is 22.4. The van der Waals surface area contributed by atoms with E-state index in [0.717, 1.165) is 68.1 Å². The lowest BCUT2D eigenvalue weighted by Gasteiger charge is -2.62. The van der Waals surface area contributed by atoms with Crippen molar-refractivity contribution in [3.63, 3.8) is 0 Å². The molecule has 16 atom stereocenters. The predicted octanol–water partition coefficient (Wildman–Crippen LogP) is 5.88. The van der Waals surface area contributed by atoms with Crippen LogP contribution in [0.5, 0.6) is 11.5 Å². The standard InChI is InChI=1S/C56H79NO13/c1-31(2)22-37-16-19-55-28-38(11-13-44(55)49(37)63)32(3)23-41(55)12-15-48(62)68-52-50(64)51-45(57-29-33(4)60)17-20-56(66,70-51)53(52)69-54(65)40(24-35-7-14-46(61)47(26-35)67-5)27-43-39(30-59)10-9-36-8-6-34(18-21-58)25-42(36)43/h6-8,14,17,20,24-26,31-33,37-39,41,43-45,49-53,57-61,63-64,66H,9-13,15-16,18-19,21-23,27-30H2,1-5H3/b40-24+/t32-,33+,37+,38+,39-,41-,43+,44+,45-,49+,50+,51+,52-,53-,55-,56-/m1/s1. The van der Waals surface area contributed by atoms with Crippen molar-refractivity contribution >= 4 is 18.0 Å². The molecule has 1 spiro atoms. The molecule has 2 aromatic rings. The summed E-state index contributed by atoms with van der Waals surface area (Å²) >= 11 is 0. The van der Waals surface area contributed by atoms with Crippen molar-refractivity contribution in [1.82, 2.24) is 5.32 Å². The summed E-state index contributed by atoms with van der Waals surface area (Å²) in [6.07, 6.45) is 6.82. The van der Waals surface area contributed by atoms with E-state index in [1.165, 1.54) is 19.3 Å². The SMILES string of the molecule is COc1cc(/C=C(\C[C@@H]2c3cc(CCO)ccc3CC[C@@H]2CO)C(=O)O[C@@H]2[C@H](OC(=O)CC[C@@H]3C[C@@H](C)[C@H]4CC[C@H]5[C@@H](O)[C@H](CC(C)C)CC[C@@]35C4)[C@@H](O)[C@H]3O[C@]2(O)C=C[C@H]3NC[C@H](C)O)ccc1O. The second-order valence-electron chi connectivity index (χ2n) is 22.4. The van der Waals surface area contributed by atoms with Crippen molar-refractivity contribution in [3.8, 4) is 11.5 Å². The van der Waals surface area contributed by atoms with Gasteiger partial charge in [-0.25, -0.2) is 4.79 Å². The first-order valence-corrected chi connectivity index (χ1v) is 26.2. The van der Waals surface area contributed by atoms with Crippen molar-refractivity contribution in [3.05, 3.63) is 76.4 Å². The number of nitrogens with one attached hydrogen (secondary N) is 1. The fraction of sp³-hybridized carbons (Fsp3) is 0.679. The highest BCUT2D eigenvalue weighted by Gasteiger charge is 2.61. The minimum absolute atomic E-state index is 0.0190. The van der Waals surface area contributed by atoms with Crippen molar-refractivity contribution in [1.29, 1.82) is 0 Å². The first kappa shape index (κ1) is 52.5. The van der Waals surface area contributed by atoms with Gasteiger partial charge in [0.15, 0.2) is 23.7 Å². The number of hydrogen-bond donors (Lipinski definition) is 8. The Kier molecular flexibility index (Phi) is 16.6. The molecule has 4 bridgehead atoms. The van der Waals surface area contributed by atoms with Crippen LogP contribution in [0.2, 0.25) is 0 Å². The molecule has 2 heterocycles. The molecule has 4 aliphatic carbocycles. The first-order valence-electron chi connectivity index (χ1n) is 26.2. The molecule has 2 aliphatic heterocycles. The minimum Gasteiger partial charge on any atom is -0.504 e. The summed E-state index contributed by atoms with van der Waals surface area (Å²) in [7, 11) is 1.42. The quantitative estimate of drug-likeness (QED) is 0.0496. The number of carbonyl (C=O) groups is 2. The van der Waals surface area contributed by atoms with Crippen molar-refractivity contribution < 1.29 is 64.3 Å². The number of aryl methyl sites for hydroxylation is 1. The van der Waals surface area contributed by atoms with Crippen LogP contribution in [0.25, 0.3) is 6.08 Å². The molecule has 4 fully saturated rings. The minimum atomic E-state index is -2.35. The van der Waals surface area contributed by atoms with Gasteiger partial charge in [-0.3, -0.25) is 4.79 Å². The fourth-order valence-electron chi connectivity index (χ4n) is 13.9. The number of aromatic hydroxyl groups is 1. The molecular weight excluding hydrogens is 895 g/mol. The first-order chi connectivity index (χ1) is 33.5. The van der Waals surface area contributed by atoms with E-state index < -0.39 is 54.3 Å². The van der Waals surface area contributed by atoms with Gasteiger partial charge in [0, 0.05) is 31.8 Å². The van der Waals surface area contributed by atoms with Crippen molar-refractivity contribution in [2.24, 2.45) is 46.8 Å². The molecule has 3 saturated carbocycles. The number of methoxy groups -OCH3 is 1. The Morgan fingerprint density at radius 3 is 2.53 bits per heavy atom. The van der Waals surface area contributed by atoms with E-state index in [-0.39, 0.29) is 90.8 Å². The Labute approximate surface area is 413 Å². The van der Waals surface area contributed by atoms with Gasteiger partial charge in [-0.05, 0) is 183 Å². The van der Waals surface area contributed by atoms with Crippen LogP contribution in [0.1, 0.15) is 126 Å². The number of hydrogen-bond acceptors (Lipinski definition) is 14. The predicted molar refractivity (Wildman–Crippen MR) is 262 cm³/mol. The van der Waals surface area contributed by atoms with Crippen LogP contribution in [0, 0.1) is 46.8 Å². The van der Waals surface area contributed by atoms with Gasteiger partial charge in [-0.15, -0.1) is 0 Å². The van der Waals surface area contributed by atoms with E-state index >= 15 is 4.79 Å². The zero-order chi connectivity index (χ0) is 50.1. The van der Waals surface area contributed by atoms with Gasteiger partial charge >= 0.3 is 11.9 Å². The summed E-state index contributed by atoms with van der Waals surface area (Å²) in [4.78, 5) is 29.4. The van der Waals surface area contributed by atoms with Crippen LogP contribution in [-0.4, -0.2) is 123 Å². The molecule has 0 unspecified atom stereocenters. The monoisotopic (exact) mass is 974 g/mol. The lowest BCUT2D eigenvalue weighted by Crippen LogP contribution is -2.71. The summed E-state index contributed by atoms with van der Waals surface area (Å²) in [5, 5.41) is 80.7. The largest absolute Gasteiger partial charge is 0.504 e. The van der Waals surface area contributed by atoms with Gasteiger partial charge in [0.1, 0.15) is 12.2 Å². The summed E-state index contributed by atoms with van der Waals surface area (Å²) < 4.78 is 24.1. The highest BCUT2D eigenvalue weighted by Crippen LogP contribution is 2.64. The number of aliphatic hydroxyl groups excluding tert-OH is 5. The molecule has 14 heteroatoms. The van der Waals surface area contributed by atoms with Gasteiger partial charge in [-0.1, -0.05) is 51.1 Å². The molecule has 386 valence electrons. The highest BCUT2D eigenvalue weighted by atomic mass is 16.7. The third-order valence-corrected chi connectivity index (χ3v) is 17.4. The number of ether oxygens (including phenoxy) is 4. The zero-order valence-corrected chi connectivity index (χ0v) is 41.8. The van der Waals surface area contributed by atoms with Gasteiger partial charge < -0.3 is 60.0 Å². The number of aliphatic hydroxyl groups is 6. The molecule has 1 saturated heterocycles. The van der Waals surface area contributed by atoms with E-state index in [4.69, 9.17) is 18.9 Å². The van der Waals surface area contributed by atoms with Gasteiger partial charge in [0.25, 0.3) is 0 Å². The average molecular weight is 974 g/mol. The normalized spacial score (nSPS) is 36.2. The van der Waals surface area contributed by atoms with Crippen LogP contribution < -0.4 is 10.1 Å². The highest BCUT2D eigenvalue weighted by molar-refractivity contribution is 5.94.